The third-order valence-corrected chi connectivity index (χ3v) is 6.10. The number of oxazole rings is 1. The summed E-state index contributed by atoms with van der Waals surface area (Å²) in [6, 6.07) is 21.6. The molecule has 1 aromatic heterocycles. The van der Waals surface area contributed by atoms with Gasteiger partial charge in [-0.3, -0.25) is 4.79 Å². The number of rotatable bonds is 7. The molecule has 0 bridgehead atoms. The minimum absolute atomic E-state index is 0.0646. The SMILES string of the molecule is CC[C@@H](C)c1ccc(OCC(=O)Nc2ccc3oc(-c4ccc(C(C)(C)C)cc4)nc3c2)cc1. The van der Waals surface area contributed by atoms with Crippen molar-refractivity contribution in [1.29, 1.82) is 0 Å². The van der Waals surface area contributed by atoms with Crippen molar-refractivity contribution in [2.45, 2.75) is 52.4 Å². The number of fused-ring (bicyclic) bond motifs is 1. The van der Waals surface area contributed by atoms with E-state index in [1.54, 1.807) is 6.07 Å². The molecule has 1 heterocycles. The Hall–Kier alpha value is -3.60. The maximum Gasteiger partial charge on any atom is 0.262 e. The van der Waals surface area contributed by atoms with Crippen molar-refractivity contribution in [2.24, 2.45) is 0 Å². The Kier molecular flexibility index (Phi) is 6.73. The molecular weight excluding hydrogens is 424 g/mol. The van der Waals surface area contributed by atoms with Gasteiger partial charge in [0.1, 0.15) is 11.3 Å². The standard InChI is InChI=1S/C29H32N2O3/c1-6-19(2)20-9-14-24(15-10-20)33-18-27(32)30-23-13-16-26-25(17-23)31-28(34-26)21-7-11-22(12-8-21)29(3,4)5/h7-17,19H,6,18H2,1-5H3,(H,30,32)/t19-/m1/s1. The van der Waals surface area contributed by atoms with E-state index in [-0.39, 0.29) is 17.9 Å². The Morgan fingerprint density at radius 3 is 2.38 bits per heavy atom. The molecule has 0 aliphatic rings. The molecule has 4 rings (SSSR count). The third-order valence-electron chi connectivity index (χ3n) is 6.10. The molecule has 0 saturated heterocycles. The average molecular weight is 457 g/mol. The Balaban J connectivity index is 1.39. The molecular formula is C29H32N2O3. The van der Waals surface area contributed by atoms with E-state index in [0.29, 0.717) is 34.3 Å². The summed E-state index contributed by atoms with van der Waals surface area (Å²) in [5.41, 5.74) is 5.54. The lowest BCUT2D eigenvalue weighted by Gasteiger charge is -2.18. The summed E-state index contributed by atoms with van der Waals surface area (Å²) in [4.78, 5) is 17.0. The zero-order valence-corrected chi connectivity index (χ0v) is 20.5. The summed E-state index contributed by atoms with van der Waals surface area (Å²) < 4.78 is 11.6. The zero-order valence-electron chi connectivity index (χ0n) is 20.5. The van der Waals surface area contributed by atoms with Crippen molar-refractivity contribution in [3.8, 4) is 17.2 Å². The van der Waals surface area contributed by atoms with Crippen LogP contribution in [0.15, 0.2) is 71.1 Å². The molecule has 34 heavy (non-hydrogen) atoms. The number of amides is 1. The highest BCUT2D eigenvalue weighted by Gasteiger charge is 2.15. The number of nitrogens with zero attached hydrogens (tertiary/aromatic N) is 1. The lowest BCUT2D eigenvalue weighted by Crippen LogP contribution is -2.20. The molecule has 4 aromatic rings. The van der Waals surface area contributed by atoms with Crippen LogP contribution in [0, 0.1) is 0 Å². The van der Waals surface area contributed by atoms with Crippen LogP contribution in [0.4, 0.5) is 5.69 Å². The van der Waals surface area contributed by atoms with E-state index < -0.39 is 0 Å². The number of hydrogen-bond acceptors (Lipinski definition) is 4. The van der Waals surface area contributed by atoms with Crippen molar-refractivity contribution in [2.75, 3.05) is 11.9 Å². The predicted octanol–water partition coefficient (Wildman–Crippen LogP) is 7.32. The van der Waals surface area contributed by atoms with Gasteiger partial charge < -0.3 is 14.5 Å². The first kappa shape index (κ1) is 23.6. The Labute approximate surface area is 201 Å². The quantitative estimate of drug-likeness (QED) is 0.316. The highest BCUT2D eigenvalue weighted by atomic mass is 16.5. The molecule has 0 radical (unpaired) electrons. The van der Waals surface area contributed by atoms with Crippen molar-refractivity contribution in [1.82, 2.24) is 4.98 Å². The first-order chi connectivity index (χ1) is 16.2. The van der Waals surface area contributed by atoms with E-state index in [4.69, 9.17) is 9.15 Å². The smallest absolute Gasteiger partial charge is 0.262 e. The highest BCUT2D eigenvalue weighted by Crippen LogP contribution is 2.29. The Morgan fingerprint density at radius 2 is 1.74 bits per heavy atom. The predicted molar refractivity (Wildman–Crippen MR) is 137 cm³/mol. The maximum atomic E-state index is 12.4. The molecule has 0 saturated carbocycles. The Bertz CT molecular complexity index is 1270. The van der Waals surface area contributed by atoms with Crippen LogP contribution in [0.3, 0.4) is 0 Å². The topological polar surface area (TPSA) is 64.4 Å². The molecule has 3 aromatic carbocycles. The maximum absolute atomic E-state index is 12.4. The van der Waals surface area contributed by atoms with Crippen molar-refractivity contribution >= 4 is 22.7 Å². The highest BCUT2D eigenvalue weighted by molar-refractivity contribution is 5.94. The fraction of sp³-hybridized carbons (Fsp3) is 0.310. The van der Waals surface area contributed by atoms with Crippen LogP contribution >= 0.6 is 0 Å². The number of ether oxygens (including phenoxy) is 1. The first-order valence-corrected chi connectivity index (χ1v) is 11.8. The minimum Gasteiger partial charge on any atom is -0.484 e. The van der Waals surface area contributed by atoms with Gasteiger partial charge in [-0.1, -0.05) is 58.9 Å². The molecule has 0 unspecified atom stereocenters. The van der Waals surface area contributed by atoms with E-state index in [0.717, 1.165) is 12.0 Å². The van der Waals surface area contributed by atoms with Crippen LogP contribution in [-0.4, -0.2) is 17.5 Å². The summed E-state index contributed by atoms with van der Waals surface area (Å²) >= 11 is 0. The fourth-order valence-corrected chi connectivity index (χ4v) is 3.72. The number of anilines is 1. The van der Waals surface area contributed by atoms with E-state index >= 15 is 0 Å². The van der Waals surface area contributed by atoms with E-state index in [2.05, 4.69) is 57.1 Å². The molecule has 0 fully saturated rings. The van der Waals surface area contributed by atoms with Gasteiger partial charge in [-0.25, -0.2) is 4.98 Å². The van der Waals surface area contributed by atoms with Crippen LogP contribution in [-0.2, 0) is 10.2 Å². The average Bonchev–Trinajstić information content (AvgIpc) is 3.25. The van der Waals surface area contributed by atoms with Gasteiger partial charge in [0.15, 0.2) is 12.2 Å². The summed E-state index contributed by atoms with van der Waals surface area (Å²) in [5.74, 6) is 1.51. The number of aromatic nitrogens is 1. The van der Waals surface area contributed by atoms with E-state index in [1.165, 1.54) is 11.1 Å². The number of hydrogen-bond donors (Lipinski definition) is 1. The van der Waals surface area contributed by atoms with Gasteiger partial charge in [0.2, 0.25) is 5.89 Å². The van der Waals surface area contributed by atoms with Crippen LogP contribution in [0.5, 0.6) is 5.75 Å². The van der Waals surface area contributed by atoms with Crippen LogP contribution in [0.25, 0.3) is 22.6 Å². The molecule has 1 N–H and O–H groups in total. The lowest BCUT2D eigenvalue weighted by atomic mass is 9.87. The second-order valence-corrected chi connectivity index (χ2v) is 9.74. The van der Waals surface area contributed by atoms with Crippen LogP contribution < -0.4 is 10.1 Å². The van der Waals surface area contributed by atoms with E-state index in [9.17, 15) is 4.79 Å². The summed E-state index contributed by atoms with van der Waals surface area (Å²) in [7, 11) is 0. The molecule has 0 aliphatic carbocycles. The number of carbonyl (C=O) groups is 1. The second-order valence-electron chi connectivity index (χ2n) is 9.74. The fourth-order valence-electron chi connectivity index (χ4n) is 3.72. The summed E-state index contributed by atoms with van der Waals surface area (Å²) in [6.07, 6.45) is 1.09. The Morgan fingerprint density at radius 1 is 1.03 bits per heavy atom. The van der Waals surface area contributed by atoms with Gasteiger partial charge in [-0.15, -0.1) is 0 Å². The molecule has 0 aliphatic heterocycles. The van der Waals surface area contributed by atoms with Gasteiger partial charge in [-0.05, 0) is 71.3 Å². The number of benzene rings is 3. The van der Waals surface area contributed by atoms with Gasteiger partial charge >= 0.3 is 0 Å². The molecule has 1 atom stereocenters. The minimum atomic E-state index is -0.230. The van der Waals surface area contributed by atoms with Crippen molar-refractivity contribution in [3.05, 3.63) is 77.9 Å². The largest absolute Gasteiger partial charge is 0.484 e. The number of carbonyl (C=O) groups excluding carboxylic acids is 1. The van der Waals surface area contributed by atoms with E-state index in [1.807, 2.05) is 48.5 Å². The summed E-state index contributed by atoms with van der Waals surface area (Å²) in [5, 5.41) is 2.87. The van der Waals surface area contributed by atoms with Crippen LogP contribution in [0.2, 0.25) is 0 Å². The molecule has 5 nitrogen and oxygen atoms in total. The first-order valence-electron chi connectivity index (χ1n) is 11.8. The van der Waals surface area contributed by atoms with Crippen molar-refractivity contribution in [3.63, 3.8) is 0 Å². The third kappa shape index (κ3) is 5.48. The van der Waals surface area contributed by atoms with Gasteiger partial charge in [0.25, 0.3) is 5.91 Å². The van der Waals surface area contributed by atoms with Gasteiger partial charge in [0.05, 0.1) is 0 Å². The monoisotopic (exact) mass is 456 g/mol. The summed E-state index contributed by atoms with van der Waals surface area (Å²) in [6.45, 7) is 10.9. The van der Waals surface area contributed by atoms with Gasteiger partial charge in [-0.2, -0.15) is 0 Å². The van der Waals surface area contributed by atoms with Gasteiger partial charge in [0, 0.05) is 11.3 Å². The second kappa shape index (κ2) is 9.72. The van der Waals surface area contributed by atoms with Crippen molar-refractivity contribution < 1.29 is 13.9 Å². The number of nitrogens with one attached hydrogen (secondary N) is 1. The molecule has 5 heteroatoms. The zero-order chi connectivity index (χ0) is 24.3. The molecule has 0 spiro atoms. The van der Waals surface area contributed by atoms with Crippen LogP contribution in [0.1, 0.15) is 58.1 Å². The molecule has 1 amide bonds. The normalized spacial score (nSPS) is 12.5. The molecule has 176 valence electrons. The lowest BCUT2D eigenvalue weighted by molar-refractivity contribution is -0.118.